The molecule has 1 aromatic heterocycles. The molecule has 45 heavy (non-hydrogen) atoms. The number of non-ortho nitro benzene ring substituents is 1. The number of esters is 1. The van der Waals surface area contributed by atoms with Crippen molar-refractivity contribution in [3.05, 3.63) is 126 Å². The summed E-state index contributed by atoms with van der Waals surface area (Å²) in [4.78, 5) is 43.0. The number of halogens is 2. The SMILES string of the molecule is CCOC(=O)C1=C(C)N=c2s/c(=C\c3cc(I)cc(I)c3OCc3ccc([N+](=O)[O-])cc3)c(=O)n2[C@H]1c1ccc(OCC)cc1. The number of hydrogen-bond donors (Lipinski definition) is 0. The van der Waals surface area contributed by atoms with E-state index in [1.807, 2.05) is 43.3 Å². The number of allylic oxidation sites excluding steroid dienone is 1. The number of carbonyl (C=O) groups is 1. The largest absolute Gasteiger partial charge is 0.494 e. The third kappa shape index (κ3) is 7.14. The lowest BCUT2D eigenvalue weighted by Crippen LogP contribution is -2.39. The Balaban J connectivity index is 1.60. The van der Waals surface area contributed by atoms with Gasteiger partial charge in [-0.3, -0.25) is 19.5 Å². The molecule has 13 heteroatoms. The number of nitro benzene ring substituents is 1. The number of ether oxygens (including phenoxy) is 3. The molecule has 1 aliphatic rings. The summed E-state index contributed by atoms with van der Waals surface area (Å²) >= 11 is 5.63. The van der Waals surface area contributed by atoms with Gasteiger partial charge in [-0.15, -0.1) is 0 Å². The van der Waals surface area contributed by atoms with Gasteiger partial charge in [0.05, 0.1) is 43.6 Å². The molecule has 2 heterocycles. The van der Waals surface area contributed by atoms with Gasteiger partial charge >= 0.3 is 5.97 Å². The average Bonchev–Trinajstić information content (AvgIpc) is 3.30. The minimum atomic E-state index is -0.743. The highest BCUT2D eigenvalue weighted by atomic mass is 127. The van der Waals surface area contributed by atoms with E-state index in [9.17, 15) is 19.7 Å². The highest BCUT2D eigenvalue weighted by Crippen LogP contribution is 2.33. The van der Waals surface area contributed by atoms with Crippen molar-refractivity contribution in [2.75, 3.05) is 13.2 Å². The van der Waals surface area contributed by atoms with Crippen LogP contribution in [0.15, 0.2) is 81.7 Å². The number of carbonyl (C=O) groups excluding carboxylic acids is 1. The second-order valence-electron chi connectivity index (χ2n) is 9.82. The lowest BCUT2D eigenvalue weighted by atomic mass is 9.96. The fourth-order valence-electron chi connectivity index (χ4n) is 4.87. The molecule has 232 valence electrons. The van der Waals surface area contributed by atoms with Crippen molar-refractivity contribution in [2.45, 2.75) is 33.4 Å². The molecule has 0 fully saturated rings. The first-order valence-corrected chi connectivity index (χ1v) is 16.9. The van der Waals surface area contributed by atoms with Crippen LogP contribution in [-0.2, 0) is 16.1 Å². The third-order valence-electron chi connectivity index (χ3n) is 6.88. The van der Waals surface area contributed by atoms with Gasteiger partial charge in [-0.2, -0.15) is 0 Å². The monoisotopic (exact) mass is 851 g/mol. The first kappa shape index (κ1) is 32.8. The van der Waals surface area contributed by atoms with Crippen molar-refractivity contribution in [3.8, 4) is 11.5 Å². The van der Waals surface area contributed by atoms with E-state index in [0.29, 0.717) is 44.3 Å². The van der Waals surface area contributed by atoms with E-state index in [0.717, 1.165) is 18.3 Å². The number of hydrogen-bond acceptors (Lipinski definition) is 9. The zero-order valence-corrected chi connectivity index (χ0v) is 29.5. The smallest absolute Gasteiger partial charge is 0.338 e. The van der Waals surface area contributed by atoms with Crippen molar-refractivity contribution in [3.63, 3.8) is 0 Å². The summed E-state index contributed by atoms with van der Waals surface area (Å²) in [5.41, 5.74) is 2.66. The summed E-state index contributed by atoms with van der Waals surface area (Å²) < 4.78 is 21.0. The Bertz CT molecular complexity index is 1980. The molecule has 5 rings (SSSR count). The number of rotatable bonds is 10. The Morgan fingerprint density at radius 1 is 1.07 bits per heavy atom. The van der Waals surface area contributed by atoms with Crippen molar-refractivity contribution < 1.29 is 23.9 Å². The van der Waals surface area contributed by atoms with Gasteiger partial charge in [-0.05, 0) is 120 Å². The quantitative estimate of drug-likeness (QED) is 0.0845. The molecule has 4 aromatic rings. The van der Waals surface area contributed by atoms with Gasteiger partial charge in [0, 0.05) is 21.3 Å². The molecule has 0 N–H and O–H groups in total. The number of benzene rings is 3. The highest BCUT2D eigenvalue weighted by Gasteiger charge is 2.33. The van der Waals surface area contributed by atoms with Crippen LogP contribution in [0.4, 0.5) is 5.69 Å². The van der Waals surface area contributed by atoms with Crippen LogP contribution < -0.4 is 24.4 Å². The lowest BCUT2D eigenvalue weighted by molar-refractivity contribution is -0.384. The Labute approximate surface area is 289 Å². The van der Waals surface area contributed by atoms with Crippen LogP contribution in [-0.4, -0.2) is 28.7 Å². The van der Waals surface area contributed by atoms with E-state index in [2.05, 4.69) is 50.2 Å². The number of aromatic nitrogens is 1. The van der Waals surface area contributed by atoms with Gasteiger partial charge in [-0.1, -0.05) is 23.5 Å². The minimum Gasteiger partial charge on any atom is -0.494 e. The first-order valence-electron chi connectivity index (χ1n) is 13.9. The van der Waals surface area contributed by atoms with Crippen LogP contribution in [0.25, 0.3) is 6.08 Å². The fraction of sp³-hybridized carbons (Fsp3) is 0.219. The number of thiazole rings is 1. The summed E-state index contributed by atoms with van der Waals surface area (Å²) in [5, 5.41) is 11.0. The molecule has 0 saturated carbocycles. The van der Waals surface area contributed by atoms with Crippen LogP contribution in [0.3, 0.4) is 0 Å². The summed E-state index contributed by atoms with van der Waals surface area (Å²) in [6.07, 6.45) is 1.78. The van der Waals surface area contributed by atoms with Gasteiger partial charge in [0.1, 0.15) is 18.1 Å². The fourth-order valence-corrected chi connectivity index (χ4v) is 7.95. The molecular formula is C32H27I2N3O7S. The second-order valence-corrected chi connectivity index (χ2v) is 13.2. The minimum absolute atomic E-state index is 0.00329. The zero-order chi connectivity index (χ0) is 32.2. The number of nitrogens with zero attached hydrogens (tertiary/aromatic N) is 3. The van der Waals surface area contributed by atoms with Crippen molar-refractivity contribution in [2.24, 2.45) is 4.99 Å². The van der Waals surface area contributed by atoms with Gasteiger partial charge in [-0.25, -0.2) is 9.79 Å². The second kappa shape index (κ2) is 14.2. The van der Waals surface area contributed by atoms with Crippen LogP contribution in [0.2, 0.25) is 0 Å². The molecule has 0 unspecified atom stereocenters. The van der Waals surface area contributed by atoms with E-state index in [4.69, 9.17) is 14.2 Å². The molecule has 3 aromatic carbocycles. The highest BCUT2D eigenvalue weighted by molar-refractivity contribution is 14.1. The summed E-state index contributed by atoms with van der Waals surface area (Å²) in [6.45, 7) is 6.26. The van der Waals surface area contributed by atoms with E-state index < -0.39 is 16.9 Å². The maximum Gasteiger partial charge on any atom is 0.338 e. The Kier molecular flexibility index (Phi) is 10.4. The topological polar surface area (TPSA) is 122 Å². The Morgan fingerprint density at radius 2 is 1.78 bits per heavy atom. The molecule has 0 bridgehead atoms. The molecule has 1 aliphatic heterocycles. The first-order chi connectivity index (χ1) is 21.6. The molecule has 0 saturated heterocycles. The van der Waals surface area contributed by atoms with E-state index in [-0.39, 0.29) is 24.5 Å². The molecule has 0 radical (unpaired) electrons. The molecule has 0 aliphatic carbocycles. The average molecular weight is 851 g/mol. The lowest BCUT2D eigenvalue weighted by Gasteiger charge is -2.24. The van der Waals surface area contributed by atoms with Crippen LogP contribution in [0.5, 0.6) is 11.5 Å². The summed E-state index contributed by atoms with van der Waals surface area (Å²) in [6, 6.07) is 16.6. The summed E-state index contributed by atoms with van der Waals surface area (Å²) in [5.74, 6) is 0.731. The van der Waals surface area contributed by atoms with Gasteiger partial charge in [0.15, 0.2) is 4.80 Å². The van der Waals surface area contributed by atoms with Crippen LogP contribution in [0.1, 0.15) is 43.5 Å². The standard InChI is InChI=1S/C32H27I2N3O7S/c1-4-42-24-12-8-20(9-13-24)28-27(31(39)43-5-2)18(3)35-32-36(28)30(38)26(45-32)15-21-14-22(33)16-25(34)29(21)44-17-19-6-10-23(11-7-19)37(40)41/h6-16,28H,4-5,17H2,1-3H3/b26-15-/t28-/m0/s1. The van der Waals surface area contributed by atoms with Crippen LogP contribution >= 0.6 is 56.5 Å². The maximum atomic E-state index is 14.1. The summed E-state index contributed by atoms with van der Waals surface area (Å²) in [7, 11) is 0. The van der Waals surface area contributed by atoms with Crippen molar-refractivity contribution in [1.82, 2.24) is 4.57 Å². The molecule has 10 nitrogen and oxygen atoms in total. The van der Waals surface area contributed by atoms with E-state index in [1.54, 1.807) is 36.6 Å². The van der Waals surface area contributed by atoms with Crippen LogP contribution in [0, 0.1) is 17.3 Å². The maximum absolute atomic E-state index is 14.1. The van der Waals surface area contributed by atoms with Gasteiger partial charge in [0.25, 0.3) is 11.2 Å². The Hall–Kier alpha value is -3.57. The van der Waals surface area contributed by atoms with E-state index in [1.165, 1.54) is 23.5 Å². The Morgan fingerprint density at radius 3 is 2.42 bits per heavy atom. The normalized spacial score (nSPS) is 14.5. The molecule has 0 spiro atoms. The molecular weight excluding hydrogens is 824 g/mol. The van der Waals surface area contributed by atoms with Crippen molar-refractivity contribution >= 4 is 74.3 Å². The van der Waals surface area contributed by atoms with Gasteiger partial charge in [0.2, 0.25) is 0 Å². The third-order valence-corrected chi connectivity index (χ3v) is 9.28. The molecule has 1 atom stereocenters. The molecule has 0 amide bonds. The van der Waals surface area contributed by atoms with Gasteiger partial charge < -0.3 is 14.2 Å². The number of fused-ring (bicyclic) bond motifs is 1. The predicted octanol–water partition coefficient (Wildman–Crippen LogP) is 5.89. The number of nitro groups is 1. The van der Waals surface area contributed by atoms with Crippen molar-refractivity contribution in [1.29, 1.82) is 0 Å². The van der Waals surface area contributed by atoms with E-state index >= 15 is 0 Å². The zero-order valence-electron chi connectivity index (χ0n) is 24.4. The predicted molar refractivity (Wildman–Crippen MR) is 187 cm³/mol.